The van der Waals surface area contributed by atoms with E-state index in [0.29, 0.717) is 35.8 Å². The molecule has 0 spiro atoms. The molecule has 152 valence electrons. The fourth-order valence-corrected chi connectivity index (χ4v) is 5.72. The van der Waals surface area contributed by atoms with Crippen LogP contribution in [0.4, 0.5) is 0 Å². The minimum absolute atomic E-state index is 0.137. The predicted molar refractivity (Wildman–Crippen MR) is 112 cm³/mol. The Kier molecular flexibility index (Phi) is 5.53. The number of amides is 1. The molecule has 1 fully saturated rings. The molecule has 1 amide bonds. The first kappa shape index (κ1) is 19.8. The van der Waals surface area contributed by atoms with Gasteiger partial charge in [-0.1, -0.05) is 12.1 Å². The summed E-state index contributed by atoms with van der Waals surface area (Å²) in [5.74, 6) is 0.604. The van der Waals surface area contributed by atoms with Gasteiger partial charge in [-0.25, -0.2) is 18.1 Å². The zero-order chi connectivity index (χ0) is 20.4. The summed E-state index contributed by atoms with van der Waals surface area (Å²) >= 11 is 1.19. The number of hydrogen-bond acceptors (Lipinski definition) is 6. The second-order valence-corrected chi connectivity index (χ2v) is 9.76. The summed E-state index contributed by atoms with van der Waals surface area (Å²) in [6.45, 7) is 0.970. The lowest BCUT2D eigenvalue weighted by Crippen LogP contribution is -2.46. The van der Waals surface area contributed by atoms with Gasteiger partial charge in [-0.2, -0.15) is 0 Å². The lowest BCUT2D eigenvalue weighted by atomic mass is 10.1. The van der Waals surface area contributed by atoms with E-state index in [1.54, 1.807) is 35.6 Å². The Hall–Kier alpha value is -2.49. The van der Waals surface area contributed by atoms with Gasteiger partial charge in [0, 0.05) is 24.5 Å². The Morgan fingerprint density at radius 1 is 1.21 bits per heavy atom. The number of carbonyl (C=O) groups is 1. The second kappa shape index (κ2) is 8.10. The van der Waals surface area contributed by atoms with E-state index in [2.05, 4.69) is 9.71 Å². The molecule has 0 atom stereocenters. The number of hydrogen-bond donors (Lipinski definition) is 1. The number of thiophene rings is 1. The van der Waals surface area contributed by atoms with E-state index in [-0.39, 0.29) is 11.9 Å². The third-order valence-electron chi connectivity index (χ3n) is 4.98. The van der Waals surface area contributed by atoms with Crippen molar-refractivity contribution in [2.45, 2.75) is 23.1 Å². The van der Waals surface area contributed by atoms with Gasteiger partial charge in [-0.05, 0) is 48.6 Å². The number of rotatable bonds is 5. The molecule has 0 bridgehead atoms. The SMILES string of the molecule is COc1ccc2nc(C(=O)N3CCC(NS(=O)(=O)c4cccs4)CC3)ccc2c1. The van der Waals surface area contributed by atoms with Crippen LogP contribution in [0.25, 0.3) is 10.9 Å². The number of nitrogens with one attached hydrogen (secondary N) is 1. The zero-order valence-electron chi connectivity index (χ0n) is 15.9. The van der Waals surface area contributed by atoms with Crippen molar-refractivity contribution in [3.8, 4) is 5.75 Å². The Labute approximate surface area is 173 Å². The maximum Gasteiger partial charge on any atom is 0.272 e. The molecule has 1 aliphatic rings. The molecule has 3 aromatic rings. The molecule has 4 rings (SSSR count). The molecular weight excluding hydrogens is 410 g/mol. The normalized spacial score (nSPS) is 15.6. The number of fused-ring (bicyclic) bond motifs is 1. The van der Waals surface area contributed by atoms with E-state index in [1.807, 2.05) is 24.3 Å². The number of nitrogens with zero attached hydrogens (tertiary/aromatic N) is 2. The maximum atomic E-state index is 12.8. The Morgan fingerprint density at radius 3 is 2.69 bits per heavy atom. The van der Waals surface area contributed by atoms with Crippen LogP contribution in [0, 0.1) is 0 Å². The quantitative estimate of drug-likeness (QED) is 0.671. The molecular formula is C20H21N3O4S2. The number of pyridine rings is 1. The Bertz CT molecular complexity index is 1120. The molecule has 1 aliphatic heterocycles. The summed E-state index contributed by atoms with van der Waals surface area (Å²) in [6.07, 6.45) is 1.14. The van der Waals surface area contributed by atoms with E-state index < -0.39 is 10.0 Å². The van der Waals surface area contributed by atoms with E-state index in [4.69, 9.17) is 4.74 Å². The van der Waals surface area contributed by atoms with Gasteiger partial charge in [0.2, 0.25) is 10.0 Å². The molecule has 29 heavy (non-hydrogen) atoms. The number of likely N-dealkylation sites (tertiary alicyclic amines) is 1. The second-order valence-electron chi connectivity index (χ2n) is 6.87. The number of aromatic nitrogens is 1. The van der Waals surface area contributed by atoms with Crippen LogP contribution in [0.15, 0.2) is 52.1 Å². The van der Waals surface area contributed by atoms with E-state index in [1.165, 1.54) is 11.3 Å². The highest BCUT2D eigenvalue weighted by Gasteiger charge is 2.28. The fourth-order valence-electron chi connectivity index (χ4n) is 3.41. The molecule has 1 saturated heterocycles. The maximum absolute atomic E-state index is 12.8. The van der Waals surface area contributed by atoms with Gasteiger partial charge >= 0.3 is 0 Å². The summed E-state index contributed by atoms with van der Waals surface area (Å²) in [7, 11) is -1.89. The van der Waals surface area contributed by atoms with Crippen LogP contribution in [-0.4, -0.2) is 50.5 Å². The highest BCUT2D eigenvalue weighted by Crippen LogP contribution is 2.22. The van der Waals surface area contributed by atoms with Gasteiger partial charge in [-0.3, -0.25) is 4.79 Å². The number of methoxy groups -OCH3 is 1. The molecule has 0 saturated carbocycles. The molecule has 1 N–H and O–H groups in total. The molecule has 2 aromatic heterocycles. The highest BCUT2D eigenvalue weighted by molar-refractivity contribution is 7.91. The van der Waals surface area contributed by atoms with Gasteiger partial charge in [0.05, 0.1) is 12.6 Å². The summed E-state index contributed by atoms with van der Waals surface area (Å²) < 4.78 is 33.0. The van der Waals surface area contributed by atoms with Crippen LogP contribution in [-0.2, 0) is 10.0 Å². The van der Waals surface area contributed by atoms with E-state index >= 15 is 0 Å². The molecule has 1 aromatic carbocycles. The molecule has 7 nitrogen and oxygen atoms in total. The number of carbonyl (C=O) groups excluding carboxylic acids is 1. The standard InChI is InChI=1S/C20H21N3O4S2/c1-27-16-5-7-17-14(13-16)4-6-18(21-17)20(24)23-10-8-15(9-11-23)22-29(25,26)19-3-2-12-28-19/h2-7,12-13,15,22H,8-11H2,1H3. The van der Waals surface area contributed by atoms with Gasteiger partial charge in [0.1, 0.15) is 15.7 Å². The van der Waals surface area contributed by atoms with Crippen LogP contribution < -0.4 is 9.46 Å². The monoisotopic (exact) mass is 431 g/mol. The first-order chi connectivity index (χ1) is 14.0. The molecule has 0 aliphatic carbocycles. The number of piperidine rings is 1. The van der Waals surface area contributed by atoms with Crippen LogP contribution in [0.3, 0.4) is 0 Å². The minimum atomic E-state index is -3.49. The average molecular weight is 432 g/mol. The third kappa shape index (κ3) is 4.26. The molecule has 0 radical (unpaired) electrons. The van der Waals surface area contributed by atoms with Gasteiger partial charge in [0.15, 0.2) is 0 Å². The van der Waals surface area contributed by atoms with Crippen LogP contribution in [0.5, 0.6) is 5.75 Å². The van der Waals surface area contributed by atoms with Crippen LogP contribution >= 0.6 is 11.3 Å². The van der Waals surface area contributed by atoms with Crippen molar-refractivity contribution in [3.63, 3.8) is 0 Å². The summed E-state index contributed by atoms with van der Waals surface area (Å²) in [5, 5.41) is 2.64. The lowest BCUT2D eigenvalue weighted by Gasteiger charge is -2.32. The number of benzene rings is 1. The fraction of sp³-hybridized carbons (Fsp3) is 0.300. The Morgan fingerprint density at radius 2 is 2.00 bits per heavy atom. The van der Waals surface area contributed by atoms with Crippen LogP contribution in [0.1, 0.15) is 23.3 Å². The molecule has 9 heteroatoms. The molecule has 0 unspecified atom stereocenters. The zero-order valence-corrected chi connectivity index (χ0v) is 17.5. The van der Waals surface area contributed by atoms with Crippen molar-refractivity contribution in [2.75, 3.05) is 20.2 Å². The minimum Gasteiger partial charge on any atom is -0.497 e. The van der Waals surface area contributed by atoms with Crippen molar-refractivity contribution in [2.24, 2.45) is 0 Å². The van der Waals surface area contributed by atoms with Gasteiger partial charge < -0.3 is 9.64 Å². The van der Waals surface area contributed by atoms with Crippen molar-refractivity contribution in [3.05, 3.63) is 53.5 Å². The number of sulfonamides is 1. The Balaban J connectivity index is 1.40. The van der Waals surface area contributed by atoms with Crippen molar-refractivity contribution < 1.29 is 17.9 Å². The first-order valence-electron chi connectivity index (χ1n) is 9.26. The average Bonchev–Trinajstić information content (AvgIpc) is 3.29. The van der Waals surface area contributed by atoms with Crippen molar-refractivity contribution in [1.29, 1.82) is 0 Å². The smallest absolute Gasteiger partial charge is 0.272 e. The lowest BCUT2D eigenvalue weighted by molar-refractivity contribution is 0.0706. The van der Waals surface area contributed by atoms with Crippen molar-refractivity contribution >= 4 is 38.2 Å². The number of ether oxygens (including phenoxy) is 1. The first-order valence-corrected chi connectivity index (χ1v) is 11.6. The highest BCUT2D eigenvalue weighted by atomic mass is 32.2. The largest absolute Gasteiger partial charge is 0.497 e. The molecule has 3 heterocycles. The summed E-state index contributed by atoms with van der Waals surface area (Å²) in [6, 6.07) is 12.2. The van der Waals surface area contributed by atoms with E-state index in [0.717, 1.165) is 16.7 Å². The van der Waals surface area contributed by atoms with Gasteiger partial charge in [0.25, 0.3) is 5.91 Å². The topological polar surface area (TPSA) is 88.6 Å². The van der Waals surface area contributed by atoms with Gasteiger partial charge in [-0.15, -0.1) is 11.3 Å². The summed E-state index contributed by atoms with van der Waals surface area (Å²) in [4.78, 5) is 19.1. The third-order valence-corrected chi connectivity index (χ3v) is 7.90. The van der Waals surface area contributed by atoms with Crippen LogP contribution in [0.2, 0.25) is 0 Å². The van der Waals surface area contributed by atoms with Crippen molar-refractivity contribution in [1.82, 2.24) is 14.6 Å². The van der Waals surface area contributed by atoms with E-state index in [9.17, 15) is 13.2 Å². The predicted octanol–water partition coefficient (Wildman–Crippen LogP) is 2.89. The summed E-state index contributed by atoms with van der Waals surface area (Å²) in [5.41, 5.74) is 1.12.